The van der Waals surface area contributed by atoms with E-state index in [4.69, 9.17) is 4.74 Å². The Morgan fingerprint density at radius 1 is 1.06 bits per heavy atom. The minimum Gasteiger partial charge on any atom is -0.465 e. The minimum atomic E-state index is -1.40. The first-order valence-corrected chi connectivity index (χ1v) is 11.7. The number of rotatable bonds is 5. The van der Waals surface area contributed by atoms with Crippen LogP contribution in [0.4, 0.5) is 0 Å². The van der Waals surface area contributed by atoms with Crippen molar-refractivity contribution in [2.45, 2.75) is 44.4 Å². The highest BCUT2D eigenvalue weighted by molar-refractivity contribution is 6.08. The molecule has 33 heavy (non-hydrogen) atoms. The van der Waals surface area contributed by atoms with Crippen LogP contribution in [0, 0.1) is 5.41 Å². The number of benzene rings is 2. The monoisotopic (exact) mass is 448 g/mol. The van der Waals surface area contributed by atoms with E-state index in [2.05, 4.69) is 17.4 Å². The van der Waals surface area contributed by atoms with Crippen LogP contribution in [0.5, 0.6) is 0 Å². The Bertz CT molecular complexity index is 999. The van der Waals surface area contributed by atoms with Gasteiger partial charge in [0.2, 0.25) is 11.8 Å². The van der Waals surface area contributed by atoms with Crippen LogP contribution < -0.4 is 5.32 Å². The fourth-order valence-corrected chi connectivity index (χ4v) is 5.47. The maximum atomic E-state index is 13.8. The van der Waals surface area contributed by atoms with E-state index in [1.165, 1.54) is 5.56 Å². The first-order valence-electron chi connectivity index (χ1n) is 11.7. The molecule has 2 aromatic rings. The Labute approximate surface area is 195 Å². The summed E-state index contributed by atoms with van der Waals surface area (Å²) < 4.78 is 5.33. The van der Waals surface area contributed by atoms with Crippen LogP contribution in [0.2, 0.25) is 0 Å². The normalized spacial score (nSPS) is 21.7. The van der Waals surface area contributed by atoms with Crippen molar-refractivity contribution >= 4 is 17.8 Å². The number of esters is 1. The molecular formula is C27H32N2O4. The van der Waals surface area contributed by atoms with Gasteiger partial charge in [-0.15, -0.1) is 0 Å². The summed E-state index contributed by atoms with van der Waals surface area (Å²) in [5.74, 6) is -0.485. The summed E-state index contributed by atoms with van der Waals surface area (Å²) in [6.07, 6.45) is 1.90. The van der Waals surface area contributed by atoms with E-state index in [0.717, 1.165) is 12.8 Å². The van der Waals surface area contributed by atoms with Gasteiger partial charge < -0.3 is 15.0 Å². The van der Waals surface area contributed by atoms with Gasteiger partial charge in [0.25, 0.3) is 0 Å². The topological polar surface area (TPSA) is 75.7 Å². The predicted octanol–water partition coefficient (Wildman–Crippen LogP) is 3.42. The fraction of sp³-hybridized carbons (Fsp3) is 0.444. The lowest BCUT2D eigenvalue weighted by Crippen LogP contribution is -2.57. The number of ether oxygens (including phenoxy) is 1. The molecular weight excluding hydrogens is 416 g/mol. The molecule has 2 fully saturated rings. The molecule has 0 aliphatic carbocycles. The molecule has 2 atom stereocenters. The van der Waals surface area contributed by atoms with Gasteiger partial charge in [0.15, 0.2) is 5.41 Å². The van der Waals surface area contributed by atoms with Gasteiger partial charge >= 0.3 is 5.97 Å². The summed E-state index contributed by atoms with van der Waals surface area (Å²) in [5.41, 5.74) is 0.267. The molecule has 0 radical (unpaired) electrons. The Hall–Kier alpha value is -3.15. The lowest BCUT2D eigenvalue weighted by Gasteiger charge is -2.49. The molecule has 1 spiro atoms. The van der Waals surface area contributed by atoms with Crippen LogP contribution in [-0.2, 0) is 24.5 Å². The van der Waals surface area contributed by atoms with E-state index in [9.17, 15) is 14.4 Å². The first-order chi connectivity index (χ1) is 15.9. The maximum absolute atomic E-state index is 13.8. The van der Waals surface area contributed by atoms with E-state index in [0.29, 0.717) is 31.6 Å². The van der Waals surface area contributed by atoms with Gasteiger partial charge in [-0.25, -0.2) is 0 Å². The lowest BCUT2D eigenvalue weighted by molar-refractivity contribution is -0.158. The average molecular weight is 449 g/mol. The van der Waals surface area contributed by atoms with E-state index < -0.39 is 11.4 Å². The molecule has 2 saturated heterocycles. The number of amides is 2. The van der Waals surface area contributed by atoms with Crippen LogP contribution in [0.3, 0.4) is 0 Å². The minimum absolute atomic E-state index is 0.0719. The molecule has 174 valence electrons. The number of nitrogens with zero attached hydrogens (tertiary/aromatic N) is 1. The molecule has 4 rings (SSSR count). The van der Waals surface area contributed by atoms with E-state index in [-0.39, 0.29) is 29.8 Å². The van der Waals surface area contributed by atoms with Crippen molar-refractivity contribution in [2.24, 2.45) is 5.41 Å². The standard InChI is InChI=1S/C27H32N2O4/c1-3-33-25(32)26(2,21-12-8-5-9-13-21)24(31)29-16-14-27(15-17-29)18-23(30)28-19-22(27)20-10-6-4-7-11-20/h4-13,22H,3,14-19H2,1-2H3,(H,28,30)/t22-,26?/m0/s1. The van der Waals surface area contributed by atoms with Gasteiger partial charge in [0, 0.05) is 32.0 Å². The van der Waals surface area contributed by atoms with Gasteiger partial charge in [-0.1, -0.05) is 60.7 Å². The number of carbonyl (C=O) groups is 3. The van der Waals surface area contributed by atoms with Crippen LogP contribution in [0.15, 0.2) is 60.7 Å². The summed E-state index contributed by atoms with van der Waals surface area (Å²) in [6, 6.07) is 19.4. The number of carbonyl (C=O) groups excluding carboxylic acids is 3. The molecule has 2 amide bonds. The van der Waals surface area contributed by atoms with Crippen molar-refractivity contribution in [2.75, 3.05) is 26.2 Å². The number of hydrogen-bond acceptors (Lipinski definition) is 4. The van der Waals surface area contributed by atoms with Gasteiger partial charge in [-0.05, 0) is 43.2 Å². The van der Waals surface area contributed by atoms with Crippen LogP contribution in [0.25, 0.3) is 0 Å². The number of piperidine rings is 2. The summed E-state index contributed by atoms with van der Waals surface area (Å²) in [4.78, 5) is 40.9. The molecule has 0 saturated carbocycles. The van der Waals surface area contributed by atoms with Gasteiger partial charge in [0.1, 0.15) is 0 Å². The fourth-order valence-electron chi connectivity index (χ4n) is 5.47. The molecule has 2 heterocycles. The summed E-state index contributed by atoms with van der Waals surface area (Å²) >= 11 is 0. The molecule has 1 unspecified atom stereocenters. The quantitative estimate of drug-likeness (QED) is 0.562. The average Bonchev–Trinajstić information content (AvgIpc) is 2.85. The van der Waals surface area contributed by atoms with Crippen LogP contribution in [-0.4, -0.2) is 48.9 Å². The van der Waals surface area contributed by atoms with Gasteiger partial charge in [-0.2, -0.15) is 0 Å². The Kier molecular flexibility index (Phi) is 6.54. The number of likely N-dealkylation sites (tertiary alicyclic amines) is 1. The Morgan fingerprint density at radius 3 is 2.27 bits per heavy atom. The molecule has 2 aliphatic heterocycles. The zero-order chi connectivity index (χ0) is 23.5. The molecule has 6 nitrogen and oxygen atoms in total. The smallest absolute Gasteiger partial charge is 0.325 e. The van der Waals surface area contributed by atoms with E-state index in [1.54, 1.807) is 30.9 Å². The summed E-state index contributed by atoms with van der Waals surface area (Å²) in [5, 5.41) is 3.03. The molecule has 0 bridgehead atoms. The van der Waals surface area contributed by atoms with Gasteiger partial charge in [-0.3, -0.25) is 14.4 Å². The summed E-state index contributed by atoms with van der Waals surface area (Å²) in [6.45, 7) is 5.26. The lowest BCUT2D eigenvalue weighted by atomic mass is 9.62. The Morgan fingerprint density at radius 2 is 1.67 bits per heavy atom. The highest BCUT2D eigenvalue weighted by Crippen LogP contribution is 2.49. The third kappa shape index (κ3) is 4.26. The second-order valence-corrected chi connectivity index (χ2v) is 9.31. The SMILES string of the molecule is CCOC(=O)C(C)(C(=O)N1CCC2(CC1)CC(=O)NC[C@H]2c1ccccc1)c1ccccc1. The summed E-state index contributed by atoms with van der Waals surface area (Å²) in [7, 11) is 0. The second-order valence-electron chi connectivity index (χ2n) is 9.31. The van der Waals surface area contributed by atoms with Crippen molar-refractivity contribution in [3.05, 3.63) is 71.8 Å². The van der Waals surface area contributed by atoms with Crippen molar-refractivity contribution in [3.63, 3.8) is 0 Å². The highest BCUT2D eigenvalue weighted by Gasteiger charge is 2.51. The van der Waals surface area contributed by atoms with Crippen molar-refractivity contribution in [3.8, 4) is 0 Å². The second kappa shape index (κ2) is 9.38. The predicted molar refractivity (Wildman–Crippen MR) is 125 cm³/mol. The third-order valence-corrected chi connectivity index (χ3v) is 7.47. The zero-order valence-electron chi connectivity index (χ0n) is 19.4. The van der Waals surface area contributed by atoms with Crippen molar-refractivity contribution in [1.29, 1.82) is 0 Å². The van der Waals surface area contributed by atoms with Crippen LogP contribution >= 0.6 is 0 Å². The Balaban J connectivity index is 1.58. The molecule has 2 aromatic carbocycles. The highest BCUT2D eigenvalue weighted by atomic mass is 16.5. The number of nitrogens with one attached hydrogen (secondary N) is 1. The maximum Gasteiger partial charge on any atom is 0.325 e. The molecule has 6 heteroatoms. The van der Waals surface area contributed by atoms with E-state index in [1.807, 2.05) is 36.4 Å². The van der Waals surface area contributed by atoms with Crippen molar-refractivity contribution in [1.82, 2.24) is 10.2 Å². The van der Waals surface area contributed by atoms with Crippen LogP contribution in [0.1, 0.15) is 50.2 Å². The first kappa shape index (κ1) is 23.0. The molecule has 1 N–H and O–H groups in total. The molecule has 0 aromatic heterocycles. The van der Waals surface area contributed by atoms with E-state index >= 15 is 0 Å². The largest absolute Gasteiger partial charge is 0.465 e. The number of hydrogen-bond donors (Lipinski definition) is 1. The van der Waals surface area contributed by atoms with Gasteiger partial charge in [0.05, 0.1) is 6.61 Å². The molecule has 2 aliphatic rings. The van der Waals surface area contributed by atoms with Crippen molar-refractivity contribution < 1.29 is 19.1 Å². The third-order valence-electron chi connectivity index (χ3n) is 7.47. The zero-order valence-corrected chi connectivity index (χ0v) is 19.4.